The number of ether oxygens (including phenoxy) is 1. The Bertz CT molecular complexity index is 586. The first-order chi connectivity index (χ1) is 8.13. The van der Waals surface area contributed by atoms with Gasteiger partial charge in [0.05, 0.1) is 17.8 Å². The van der Waals surface area contributed by atoms with Crippen molar-refractivity contribution >= 4 is 22.6 Å². The van der Waals surface area contributed by atoms with Gasteiger partial charge in [-0.3, -0.25) is 0 Å². The third kappa shape index (κ3) is 2.01. The second kappa shape index (κ2) is 4.32. The van der Waals surface area contributed by atoms with Crippen LogP contribution >= 0.6 is 0 Å². The van der Waals surface area contributed by atoms with Crippen molar-refractivity contribution in [3.63, 3.8) is 0 Å². The molecule has 0 aliphatic carbocycles. The average Bonchev–Trinajstić information content (AvgIpc) is 2.30. The molecule has 2 N–H and O–H groups in total. The molecule has 1 aromatic heterocycles. The molecule has 2 aromatic rings. The van der Waals surface area contributed by atoms with Gasteiger partial charge in [-0.15, -0.1) is 10.2 Å². The van der Waals surface area contributed by atoms with E-state index in [9.17, 15) is 9.18 Å². The van der Waals surface area contributed by atoms with Crippen molar-refractivity contribution in [1.29, 1.82) is 0 Å². The van der Waals surface area contributed by atoms with Crippen molar-refractivity contribution in [2.24, 2.45) is 0 Å². The van der Waals surface area contributed by atoms with Crippen LogP contribution in [0.1, 0.15) is 17.4 Å². The number of hydrogen-bond donors (Lipinski definition) is 1. The highest BCUT2D eigenvalue weighted by molar-refractivity contribution is 6.02. The number of esters is 1. The Balaban J connectivity index is 2.60. The van der Waals surface area contributed by atoms with Crippen LogP contribution in [-0.4, -0.2) is 22.8 Å². The lowest BCUT2D eigenvalue weighted by Crippen LogP contribution is -2.12. The summed E-state index contributed by atoms with van der Waals surface area (Å²) in [5.74, 6) is -1.12. The normalized spacial score (nSPS) is 10.5. The first-order valence-electron chi connectivity index (χ1n) is 5.02. The molecule has 0 bridgehead atoms. The van der Waals surface area contributed by atoms with E-state index in [1.807, 2.05) is 0 Å². The van der Waals surface area contributed by atoms with Gasteiger partial charge in [-0.05, 0) is 25.1 Å². The quantitative estimate of drug-likeness (QED) is 0.798. The highest BCUT2D eigenvalue weighted by atomic mass is 19.1. The number of anilines is 1. The van der Waals surface area contributed by atoms with E-state index in [4.69, 9.17) is 10.5 Å². The molecule has 0 saturated carbocycles. The number of fused-ring (bicyclic) bond motifs is 1. The van der Waals surface area contributed by atoms with E-state index in [2.05, 4.69) is 10.2 Å². The number of hydrogen-bond acceptors (Lipinski definition) is 5. The molecule has 5 nitrogen and oxygen atoms in total. The van der Waals surface area contributed by atoms with E-state index < -0.39 is 11.8 Å². The van der Waals surface area contributed by atoms with E-state index in [1.165, 1.54) is 18.2 Å². The summed E-state index contributed by atoms with van der Waals surface area (Å²) in [6, 6.07) is 3.91. The fraction of sp³-hybridized carbons (Fsp3) is 0.182. The second-order valence-electron chi connectivity index (χ2n) is 3.34. The van der Waals surface area contributed by atoms with Gasteiger partial charge >= 0.3 is 5.97 Å². The van der Waals surface area contributed by atoms with Crippen molar-refractivity contribution in [2.45, 2.75) is 6.92 Å². The number of rotatable bonds is 2. The topological polar surface area (TPSA) is 78.1 Å². The Morgan fingerprint density at radius 3 is 2.94 bits per heavy atom. The summed E-state index contributed by atoms with van der Waals surface area (Å²) in [6.07, 6.45) is 0. The van der Waals surface area contributed by atoms with Gasteiger partial charge in [0, 0.05) is 5.39 Å². The molecule has 0 spiro atoms. The average molecular weight is 235 g/mol. The largest absolute Gasteiger partial charge is 0.461 e. The van der Waals surface area contributed by atoms with Crippen LogP contribution in [0.2, 0.25) is 0 Å². The summed E-state index contributed by atoms with van der Waals surface area (Å²) in [5, 5.41) is 7.82. The predicted molar refractivity (Wildman–Crippen MR) is 59.9 cm³/mol. The summed E-state index contributed by atoms with van der Waals surface area (Å²) in [7, 11) is 0. The number of nitrogens with zero attached hydrogens (tertiary/aromatic N) is 2. The van der Waals surface area contributed by atoms with Crippen LogP contribution < -0.4 is 5.73 Å². The first-order valence-corrected chi connectivity index (χ1v) is 5.02. The minimum atomic E-state index is -0.663. The SMILES string of the molecule is CCOC(=O)c1nnc2ccc(F)cc2c1N. The minimum absolute atomic E-state index is 0.0768. The first kappa shape index (κ1) is 11.3. The smallest absolute Gasteiger partial charge is 0.361 e. The van der Waals surface area contributed by atoms with E-state index in [0.29, 0.717) is 10.9 Å². The van der Waals surface area contributed by atoms with E-state index in [-0.39, 0.29) is 18.0 Å². The molecule has 17 heavy (non-hydrogen) atoms. The number of nitrogens with two attached hydrogens (primary N) is 1. The standard InChI is InChI=1S/C11H10FN3O2/c1-2-17-11(16)10-9(13)7-5-6(12)3-4-8(7)14-15-10/h3-5H,2H2,1H3,(H2,13,14). The molecule has 2 rings (SSSR count). The monoisotopic (exact) mass is 235 g/mol. The summed E-state index contributed by atoms with van der Waals surface area (Å²) >= 11 is 0. The van der Waals surface area contributed by atoms with Crippen LogP contribution in [0.4, 0.5) is 10.1 Å². The highest BCUT2D eigenvalue weighted by Gasteiger charge is 2.16. The molecule has 0 unspecified atom stereocenters. The van der Waals surface area contributed by atoms with Crippen LogP contribution in [-0.2, 0) is 4.74 Å². The number of halogens is 1. The third-order valence-corrected chi connectivity index (χ3v) is 2.23. The highest BCUT2D eigenvalue weighted by Crippen LogP contribution is 2.22. The third-order valence-electron chi connectivity index (χ3n) is 2.23. The van der Waals surface area contributed by atoms with Gasteiger partial charge in [-0.25, -0.2) is 9.18 Å². The summed E-state index contributed by atoms with van der Waals surface area (Å²) < 4.78 is 17.9. The van der Waals surface area contributed by atoms with Gasteiger partial charge in [0.2, 0.25) is 0 Å². The maximum absolute atomic E-state index is 13.1. The van der Waals surface area contributed by atoms with Crippen molar-refractivity contribution < 1.29 is 13.9 Å². The predicted octanol–water partition coefficient (Wildman–Crippen LogP) is 1.53. The molecule has 1 heterocycles. The van der Waals surface area contributed by atoms with Gasteiger partial charge in [0.15, 0.2) is 5.69 Å². The molecule has 1 aromatic carbocycles. The molecule has 0 radical (unpaired) electrons. The van der Waals surface area contributed by atoms with Crippen molar-refractivity contribution in [3.8, 4) is 0 Å². The molecular formula is C11H10FN3O2. The second-order valence-corrected chi connectivity index (χ2v) is 3.34. The van der Waals surface area contributed by atoms with Gasteiger partial charge in [0.1, 0.15) is 5.82 Å². The Hall–Kier alpha value is -2.24. The van der Waals surface area contributed by atoms with Gasteiger partial charge < -0.3 is 10.5 Å². The lowest BCUT2D eigenvalue weighted by molar-refractivity contribution is 0.0520. The maximum Gasteiger partial charge on any atom is 0.361 e. The van der Waals surface area contributed by atoms with E-state index >= 15 is 0 Å². The van der Waals surface area contributed by atoms with Gasteiger partial charge in [-0.2, -0.15) is 0 Å². The van der Waals surface area contributed by atoms with Crippen LogP contribution in [0.3, 0.4) is 0 Å². The minimum Gasteiger partial charge on any atom is -0.461 e. The lowest BCUT2D eigenvalue weighted by Gasteiger charge is -2.06. The fourth-order valence-electron chi connectivity index (χ4n) is 1.45. The maximum atomic E-state index is 13.1. The fourth-order valence-corrected chi connectivity index (χ4v) is 1.45. The van der Waals surface area contributed by atoms with Crippen LogP contribution in [0.15, 0.2) is 18.2 Å². The zero-order valence-electron chi connectivity index (χ0n) is 9.11. The Morgan fingerprint density at radius 1 is 1.47 bits per heavy atom. The van der Waals surface area contributed by atoms with Gasteiger partial charge in [0.25, 0.3) is 0 Å². The van der Waals surface area contributed by atoms with E-state index in [1.54, 1.807) is 6.92 Å². The number of nitrogen functional groups attached to an aromatic ring is 1. The lowest BCUT2D eigenvalue weighted by atomic mass is 10.1. The molecule has 88 valence electrons. The Kier molecular flexibility index (Phi) is 2.86. The summed E-state index contributed by atoms with van der Waals surface area (Å²) in [5.41, 5.74) is 6.16. The van der Waals surface area contributed by atoms with Crippen LogP contribution in [0, 0.1) is 5.82 Å². The van der Waals surface area contributed by atoms with E-state index in [0.717, 1.165) is 0 Å². The van der Waals surface area contributed by atoms with Crippen LogP contribution in [0.25, 0.3) is 10.9 Å². The zero-order valence-corrected chi connectivity index (χ0v) is 9.11. The molecular weight excluding hydrogens is 225 g/mol. The van der Waals surface area contributed by atoms with Crippen LogP contribution in [0.5, 0.6) is 0 Å². The Labute approximate surface area is 96.4 Å². The zero-order chi connectivity index (χ0) is 12.4. The van der Waals surface area contributed by atoms with Crippen molar-refractivity contribution in [2.75, 3.05) is 12.3 Å². The summed E-state index contributed by atoms with van der Waals surface area (Å²) in [6.45, 7) is 1.88. The molecule has 0 aliphatic heterocycles. The number of carbonyl (C=O) groups is 1. The molecule has 0 amide bonds. The molecule has 6 heteroatoms. The number of carbonyl (C=O) groups excluding carboxylic acids is 1. The van der Waals surface area contributed by atoms with Crippen molar-refractivity contribution in [3.05, 3.63) is 29.7 Å². The molecule has 0 atom stereocenters. The Morgan fingerprint density at radius 2 is 2.24 bits per heavy atom. The van der Waals surface area contributed by atoms with Crippen molar-refractivity contribution in [1.82, 2.24) is 10.2 Å². The number of benzene rings is 1. The molecule has 0 aliphatic rings. The molecule has 0 saturated heterocycles. The summed E-state index contributed by atoms with van der Waals surface area (Å²) in [4.78, 5) is 11.5. The molecule has 0 fully saturated rings. The van der Waals surface area contributed by atoms with Gasteiger partial charge in [-0.1, -0.05) is 0 Å². The number of aromatic nitrogens is 2.